The smallest absolute Gasteiger partial charge is 0.238 e. The van der Waals surface area contributed by atoms with E-state index in [0.29, 0.717) is 0 Å². The van der Waals surface area contributed by atoms with Crippen molar-refractivity contribution >= 4 is 42.8 Å². The summed E-state index contributed by atoms with van der Waals surface area (Å²) in [6.45, 7) is -0.874. The van der Waals surface area contributed by atoms with Crippen LogP contribution in [0.25, 0.3) is 11.1 Å². The van der Waals surface area contributed by atoms with Crippen LogP contribution in [0.15, 0.2) is 103 Å². The molecule has 218 valence electrons. The maximum atomic E-state index is 12.5. The second-order valence-electron chi connectivity index (χ2n) is 8.79. The lowest BCUT2D eigenvalue weighted by Crippen LogP contribution is -2.16. The van der Waals surface area contributed by atoms with Crippen LogP contribution in [-0.2, 0) is 33.3 Å². The van der Waals surface area contributed by atoms with Crippen molar-refractivity contribution in [3.05, 3.63) is 83.9 Å². The molecule has 0 fully saturated rings. The average molecular weight is 613 g/mol. The monoisotopic (exact) mass is 612 g/mol. The van der Waals surface area contributed by atoms with Gasteiger partial charge in [0.05, 0.1) is 45.8 Å². The SMILES string of the molecule is NS(=O)(=O)c1cc(N=Nc2ccc(O)c(CO)c2)ccc1-c1ccc(N=Nc2ccc(O)c(CO)c2)cc1S(N)(=O)=O. The Hall–Kier alpha value is -4.58. The molecular weight excluding hydrogens is 588 g/mol. The number of sulfonamides is 2. The molecule has 0 aliphatic rings. The summed E-state index contributed by atoms with van der Waals surface area (Å²) in [5.41, 5.74) is 0.898. The van der Waals surface area contributed by atoms with E-state index < -0.39 is 43.1 Å². The highest BCUT2D eigenvalue weighted by molar-refractivity contribution is 7.89. The van der Waals surface area contributed by atoms with Gasteiger partial charge in [-0.3, -0.25) is 0 Å². The van der Waals surface area contributed by atoms with Gasteiger partial charge >= 0.3 is 0 Å². The first-order valence-corrected chi connectivity index (χ1v) is 14.9. The summed E-state index contributed by atoms with van der Waals surface area (Å²) in [6.07, 6.45) is 0. The van der Waals surface area contributed by atoms with Crippen LogP contribution in [0, 0.1) is 0 Å². The zero-order chi connectivity index (χ0) is 30.7. The summed E-state index contributed by atoms with van der Waals surface area (Å²) in [6, 6.07) is 15.8. The molecule has 0 aliphatic carbocycles. The number of phenols is 2. The van der Waals surface area contributed by atoms with Gasteiger partial charge < -0.3 is 20.4 Å². The first-order valence-electron chi connectivity index (χ1n) is 11.8. The number of aliphatic hydroxyl groups excluding tert-OH is 2. The molecule has 0 aromatic heterocycles. The number of azo groups is 2. The lowest BCUT2D eigenvalue weighted by Gasteiger charge is -2.13. The fourth-order valence-corrected chi connectivity index (χ4v) is 5.35. The highest BCUT2D eigenvalue weighted by Crippen LogP contribution is 2.37. The lowest BCUT2D eigenvalue weighted by atomic mass is 10.0. The van der Waals surface area contributed by atoms with E-state index in [0.717, 1.165) is 12.1 Å². The Kier molecular flexibility index (Phi) is 8.76. The number of nitrogens with two attached hydrogens (primary N) is 2. The number of rotatable bonds is 9. The highest BCUT2D eigenvalue weighted by Gasteiger charge is 2.23. The molecule has 0 heterocycles. The maximum absolute atomic E-state index is 12.5. The Morgan fingerprint density at radius 1 is 0.524 bits per heavy atom. The van der Waals surface area contributed by atoms with Gasteiger partial charge in [-0.2, -0.15) is 20.5 Å². The van der Waals surface area contributed by atoms with Gasteiger partial charge in [-0.15, -0.1) is 0 Å². The van der Waals surface area contributed by atoms with Gasteiger partial charge in [0.1, 0.15) is 11.5 Å². The van der Waals surface area contributed by atoms with Crippen LogP contribution in [0.4, 0.5) is 22.7 Å². The molecule has 16 heteroatoms. The van der Waals surface area contributed by atoms with Crippen molar-refractivity contribution in [2.24, 2.45) is 30.7 Å². The average Bonchev–Trinajstić information content (AvgIpc) is 2.95. The largest absolute Gasteiger partial charge is 0.508 e. The van der Waals surface area contributed by atoms with Crippen LogP contribution in [0.5, 0.6) is 11.5 Å². The zero-order valence-corrected chi connectivity index (χ0v) is 23.2. The van der Waals surface area contributed by atoms with Gasteiger partial charge in [0.2, 0.25) is 20.0 Å². The molecule has 0 spiro atoms. The first-order chi connectivity index (χ1) is 19.8. The van der Waals surface area contributed by atoms with Crippen molar-refractivity contribution < 1.29 is 37.3 Å². The Labute approximate surface area is 240 Å². The third-order valence-corrected chi connectivity index (χ3v) is 7.76. The molecule has 4 rings (SSSR count). The van der Waals surface area contributed by atoms with Gasteiger partial charge in [-0.1, -0.05) is 12.1 Å². The molecule has 0 bridgehead atoms. The molecule has 4 aromatic rings. The third-order valence-electron chi connectivity index (χ3n) is 5.86. The molecule has 0 radical (unpaired) electrons. The summed E-state index contributed by atoms with van der Waals surface area (Å²) in [5.74, 6) is -0.265. The number of aliphatic hydroxyl groups is 2. The fraction of sp³-hybridized carbons (Fsp3) is 0.0769. The number of primary sulfonamides is 2. The van der Waals surface area contributed by atoms with Crippen molar-refractivity contribution in [1.82, 2.24) is 0 Å². The quantitative estimate of drug-likeness (QED) is 0.151. The van der Waals surface area contributed by atoms with Gasteiger partial charge in [0.25, 0.3) is 0 Å². The zero-order valence-electron chi connectivity index (χ0n) is 21.5. The number of aromatic hydroxyl groups is 2. The molecule has 8 N–H and O–H groups in total. The Balaban J connectivity index is 1.76. The predicted molar refractivity (Wildman–Crippen MR) is 151 cm³/mol. The predicted octanol–water partition coefficient (Wildman–Crippen LogP) is 3.88. The Bertz CT molecular complexity index is 1800. The molecule has 0 unspecified atom stereocenters. The van der Waals surface area contributed by atoms with Crippen molar-refractivity contribution in [2.75, 3.05) is 0 Å². The highest BCUT2D eigenvalue weighted by atomic mass is 32.2. The van der Waals surface area contributed by atoms with Gasteiger partial charge in [-0.05, 0) is 60.7 Å². The van der Waals surface area contributed by atoms with Crippen molar-refractivity contribution in [1.29, 1.82) is 0 Å². The summed E-state index contributed by atoms with van der Waals surface area (Å²) in [5, 5.41) is 64.9. The minimum atomic E-state index is -4.42. The Morgan fingerprint density at radius 2 is 0.833 bits per heavy atom. The lowest BCUT2D eigenvalue weighted by molar-refractivity contribution is 0.275. The fourth-order valence-electron chi connectivity index (χ4n) is 3.81. The van der Waals surface area contributed by atoms with E-state index in [-0.39, 0.29) is 56.5 Å². The second-order valence-corrected chi connectivity index (χ2v) is 11.9. The van der Waals surface area contributed by atoms with Gasteiger partial charge in [0.15, 0.2) is 0 Å². The van der Waals surface area contributed by atoms with E-state index in [2.05, 4.69) is 20.5 Å². The van der Waals surface area contributed by atoms with E-state index in [4.69, 9.17) is 10.3 Å². The van der Waals surface area contributed by atoms with Crippen LogP contribution in [-0.4, -0.2) is 37.3 Å². The van der Waals surface area contributed by atoms with E-state index in [1.807, 2.05) is 0 Å². The molecule has 0 atom stereocenters. The number of hydrogen-bond donors (Lipinski definition) is 6. The maximum Gasteiger partial charge on any atom is 0.238 e. The first kappa shape index (κ1) is 30.4. The molecule has 0 amide bonds. The summed E-state index contributed by atoms with van der Waals surface area (Å²) < 4.78 is 50.2. The van der Waals surface area contributed by atoms with Gasteiger partial charge in [0, 0.05) is 22.3 Å². The topological polar surface area (TPSA) is 251 Å². The molecular formula is C26H24N6O8S2. The second kappa shape index (κ2) is 12.1. The molecule has 4 aromatic carbocycles. The van der Waals surface area contributed by atoms with Crippen molar-refractivity contribution in [3.63, 3.8) is 0 Å². The van der Waals surface area contributed by atoms with Crippen LogP contribution >= 0.6 is 0 Å². The normalized spacial score (nSPS) is 12.4. The van der Waals surface area contributed by atoms with Crippen LogP contribution < -0.4 is 10.3 Å². The number of benzene rings is 4. The van der Waals surface area contributed by atoms with E-state index in [1.54, 1.807) is 0 Å². The number of nitrogens with zero attached hydrogens (tertiary/aromatic N) is 4. The van der Waals surface area contributed by atoms with Crippen molar-refractivity contribution in [2.45, 2.75) is 23.0 Å². The molecule has 0 saturated heterocycles. The van der Waals surface area contributed by atoms with Crippen molar-refractivity contribution in [3.8, 4) is 22.6 Å². The van der Waals surface area contributed by atoms with Crippen LogP contribution in [0.2, 0.25) is 0 Å². The molecule has 14 nitrogen and oxygen atoms in total. The molecule has 42 heavy (non-hydrogen) atoms. The van der Waals surface area contributed by atoms with Crippen LogP contribution in [0.1, 0.15) is 11.1 Å². The molecule has 0 saturated carbocycles. The Morgan fingerprint density at radius 3 is 1.14 bits per heavy atom. The van der Waals surface area contributed by atoms with Crippen LogP contribution in [0.3, 0.4) is 0 Å². The summed E-state index contributed by atoms with van der Waals surface area (Å²) >= 11 is 0. The third kappa shape index (κ3) is 7.00. The van der Waals surface area contributed by atoms with Gasteiger partial charge in [-0.25, -0.2) is 27.1 Å². The van der Waals surface area contributed by atoms with E-state index in [1.165, 1.54) is 60.7 Å². The summed E-state index contributed by atoms with van der Waals surface area (Å²) in [4.78, 5) is -0.916. The minimum Gasteiger partial charge on any atom is -0.508 e. The van der Waals surface area contributed by atoms with E-state index >= 15 is 0 Å². The minimum absolute atomic E-state index is 0.0557. The standard InChI is InChI=1S/C26H24N6O8S2/c27-41(37,38)25-11-19(31-29-17-3-7-23(35)15(9-17)13-33)1-5-21(25)22-6-2-20(12-26(22)42(28,39)40)32-30-18-4-8-24(36)16(10-18)14-34/h1-12,33-36H,13-14H2,(H2,27,37,38)(H2,28,39,40). The molecule has 0 aliphatic heterocycles. The number of hydrogen-bond acceptors (Lipinski definition) is 12. The van der Waals surface area contributed by atoms with E-state index in [9.17, 15) is 37.3 Å². The summed E-state index contributed by atoms with van der Waals surface area (Å²) in [7, 11) is -8.84.